The van der Waals surface area contributed by atoms with Crippen LogP contribution in [0.25, 0.3) is 5.76 Å². The summed E-state index contributed by atoms with van der Waals surface area (Å²) in [5.74, 6) is -7.69. The number of nitrogens with zero attached hydrogens (tertiary/aromatic N) is 2. The van der Waals surface area contributed by atoms with Crippen LogP contribution in [0.4, 0.5) is 5.69 Å². The van der Waals surface area contributed by atoms with Gasteiger partial charge in [-0.1, -0.05) is 0 Å². The van der Waals surface area contributed by atoms with Crippen LogP contribution in [0.2, 0.25) is 0 Å². The number of likely N-dealkylation sites (N-methyl/N-ethyl adjacent to an activating group) is 1. The topological polar surface area (TPSA) is 165 Å². The van der Waals surface area contributed by atoms with Crippen molar-refractivity contribution >= 4 is 28.9 Å². The fraction of sp³-hybridized carbons (Fsp3) is 0.435. The number of aromatic hydroxyl groups is 1. The fourth-order valence-electron chi connectivity index (χ4n) is 5.66. The molecular weight excluding hydrogens is 430 g/mol. The Labute approximate surface area is 190 Å². The summed E-state index contributed by atoms with van der Waals surface area (Å²) in [6.07, 6.45) is -1.20. The summed E-state index contributed by atoms with van der Waals surface area (Å²) in [5.41, 5.74) is 5.81. The summed E-state index contributed by atoms with van der Waals surface area (Å²) in [5, 5.41) is 43.7. The lowest BCUT2D eigenvalue weighted by Crippen LogP contribution is -2.61. The second-order valence-corrected chi connectivity index (χ2v) is 9.23. The van der Waals surface area contributed by atoms with Crippen molar-refractivity contribution in [3.05, 3.63) is 40.2 Å². The van der Waals surface area contributed by atoms with E-state index >= 15 is 0 Å². The molecule has 0 aliphatic heterocycles. The first kappa shape index (κ1) is 22.8. The molecule has 0 heterocycles. The molecule has 1 fully saturated rings. The number of primary amides is 1. The second kappa shape index (κ2) is 7.60. The van der Waals surface area contributed by atoms with Gasteiger partial charge in [-0.25, -0.2) is 0 Å². The maximum atomic E-state index is 13.6. The van der Waals surface area contributed by atoms with E-state index < -0.39 is 64.5 Å². The van der Waals surface area contributed by atoms with Crippen LogP contribution in [0.15, 0.2) is 29.0 Å². The minimum absolute atomic E-state index is 0.0763. The first-order valence-electron chi connectivity index (χ1n) is 10.5. The third-order valence-electron chi connectivity index (χ3n) is 7.01. The Morgan fingerprint density at radius 3 is 2.24 bits per heavy atom. The van der Waals surface area contributed by atoms with Crippen LogP contribution in [-0.2, 0) is 20.8 Å². The van der Waals surface area contributed by atoms with Crippen LogP contribution < -0.4 is 10.6 Å². The van der Waals surface area contributed by atoms with E-state index in [0.717, 1.165) is 0 Å². The zero-order valence-electron chi connectivity index (χ0n) is 18.7. The number of rotatable bonds is 3. The number of Topliss-reactive ketones (excluding diaryl/α,β-unsaturated/α-hetero) is 2. The third-order valence-corrected chi connectivity index (χ3v) is 7.01. The number of carbonyl (C=O) groups excluding carboxylic acids is 3. The van der Waals surface area contributed by atoms with Crippen molar-refractivity contribution in [3.8, 4) is 5.75 Å². The van der Waals surface area contributed by atoms with Crippen LogP contribution in [0.5, 0.6) is 5.75 Å². The highest BCUT2D eigenvalue weighted by molar-refractivity contribution is 6.28. The predicted octanol–water partition coefficient (Wildman–Crippen LogP) is -0.114. The molecule has 1 aromatic rings. The van der Waals surface area contributed by atoms with E-state index in [4.69, 9.17) is 5.73 Å². The van der Waals surface area contributed by atoms with Gasteiger partial charge in [-0.05, 0) is 38.2 Å². The van der Waals surface area contributed by atoms with Crippen molar-refractivity contribution in [2.45, 2.75) is 18.6 Å². The number of ketones is 2. The van der Waals surface area contributed by atoms with E-state index in [-0.39, 0.29) is 23.3 Å². The smallest absolute Gasteiger partial charge is 0.255 e. The van der Waals surface area contributed by atoms with E-state index in [0.29, 0.717) is 11.3 Å². The average Bonchev–Trinajstić information content (AvgIpc) is 2.70. The molecule has 176 valence electrons. The molecule has 3 unspecified atom stereocenters. The van der Waals surface area contributed by atoms with Crippen molar-refractivity contribution in [1.82, 2.24) is 4.90 Å². The number of hydrogen-bond donors (Lipinski definition) is 5. The van der Waals surface area contributed by atoms with Gasteiger partial charge in [0, 0.05) is 37.2 Å². The van der Waals surface area contributed by atoms with Crippen molar-refractivity contribution in [1.29, 1.82) is 0 Å². The number of amides is 1. The molecular formula is C23H27N3O7. The Bertz CT molecular complexity index is 1150. The van der Waals surface area contributed by atoms with Crippen LogP contribution in [-0.4, -0.2) is 83.1 Å². The molecule has 0 radical (unpaired) electrons. The monoisotopic (exact) mass is 457 g/mol. The molecule has 1 amide bonds. The summed E-state index contributed by atoms with van der Waals surface area (Å²) in [6.45, 7) is 0. The molecule has 0 saturated heterocycles. The Morgan fingerprint density at radius 2 is 1.70 bits per heavy atom. The van der Waals surface area contributed by atoms with Gasteiger partial charge in [0.1, 0.15) is 22.8 Å². The van der Waals surface area contributed by atoms with Gasteiger partial charge in [-0.3, -0.25) is 19.3 Å². The highest BCUT2D eigenvalue weighted by atomic mass is 16.3. The van der Waals surface area contributed by atoms with Gasteiger partial charge in [0.2, 0.25) is 0 Å². The van der Waals surface area contributed by atoms with E-state index in [1.807, 2.05) is 0 Å². The molecule has 0 aromatic heterocycles. The first-order valence-corrected chi connectivity index (χ1v) is 10.5. The van der Waals surface area contributed by atoms with Gasteiger partial charge >= 0.3 is 0 Å². The number of nitrogens with two attached hydrogens (primary N) is 1. The molecule has 3 aliphatic carbocycles. The lowest BCUT2D eigenvalue weighted by atomic mass is 9.58. The number of benzene rings is 1. The van der Waals surface area contributed by atoms with E-state index in [2.05, 4.69) is 0 Å². The standard InChI is InChI=1S/C23H27N3O7/c1-25(2)10-5-6-11(27)12-8(10)7-9-13(19(12)29)20(30)15-14(18(9)28)17(26(3)4)22(32)16(21(15)31)23(24)33/h5-6,9,14-15,17-18,27-29,32H,7H2,1-4H3,(H2,24,33)/t9?,14?,15?,17-,18-/m0/s1. The molecule has 5 atom stereocenters. The maximum absolute atomic E-state index is 13.6. The zero-order valence-corrected chi connectivity index (χ0v) is 18.7. The normalized spacial score (nSPS) is 29.1. The molecule has 3 aliphatic rings. The molecule has 10 heteroatoms. The van der Waals surface area contributed by atoms with Crippen LogP contribution >= 0.6 is 0 Å². The van der Waals surface area contributed by atoms with Crippen LogP contribution in [0.1, 0.15) is 11.1 Å². The molecule has 1 aromatic carbocycles. The van der Waals surface area contributed by atoms with E-state index in [1.165, 1.54) is 11.0 Å². The number of aliphatic hydroxyl groups is 3. The third kappa shape index (κ3) is 3.05. The second-order valence-electron chi connectivity index (χ2n) is 9.23. The lowest BCUT2D eigenvalue weighted by molar-refractivity contribution is -0.143. The maximum Gasteiger partial charge on any atom is 0.255 e. The predicted molar refractivity (Wildman–Crippen MR) is 119 cm³/mol. The van der Waals surface area contributed by atoms with Gasteiger partial charge in [0.25, 0.3) is 5.91 Å². The molecule has 1 saturated carbocycles. The minimum Gasteiger partial charge on any atom is -0.510 e. The average molecular weight is 457 g/mol. The summed E-state index contributed by atoms with van der Waals surface area (Å²) >= 11 is 0. The number of aliphatic hydroxyl groups excluding tert-OH is 3. The van der Waals surface area contributed by atoms with Gasteiger partial charge in [0.05, 0.1) is 23.6 Å². The van der Waals surface area contributed by atoms with Crippen molar-refractivity contribution in [2.24, 2.45) is 23.5 Å². The number of hydrogen-bond acceptors (Lipinski definition) is 9. The largest absolute Gasteiger partial charge is 0.510 e. The quantitative estimate of drug-likeness (QED) is 0.307. The molecule has 4 rings (SSSR count). The Hall–Kier alpha value is -3.37. The van der Waals surface area contributed by atoms with Crippen molar-refractivity contribution in [2.75, 3.05) is 33.1 Å². The minimum atomic E-state index is -1.51. The first-order chi connectivity index (χ1) is 15.4. The highest BCUT2D eigenvalue weighted by Gasteiger charge is 2.59. The summed E-state index contributed by atoms with van der Waals surface area (Å²) in [6, 6.07) is 2.06. The highest BCUT2D eigenvalue weighted by Crippen LogP contribution is 2.51. The number of phenolic OH excluding ortho intramolecular Hbond substituents is 1. The molecule has 33 heavy (non-hydrogen) atoms. The van der Waals surface area contributed by atoms with Crippen LogP contribution in [0.3, 0.4) is 0 Å². The number of carbonyl (C=O) groups is 3. The van der Waals surface area contributed by atoms with Gasteiger partial charge in [-0.15, -0.1) is 0 Å². The Balaban J connectivity index is 1.97. The Kier molecular flexibility index (Phi) is 5.25. The zero-order chi connectivity index (χ0) is 24.5. The summed E-state index contributed by atoms with van der Waals surface area (Å²) in [7, 11) is 6.75. The van der Waals surface area contributed by atoms with Gasteiger partial charge in [0.15, 0.2) is 11.6 Å². The molecule has 6 N–H and O–H groups in total. The van der Waals surface area contributed by atoms with E-state index in [9.17, 15) is 34.8 Å². The molecule has 10 nitrogen and oxygen atoms in total. The van der Waals surface area contributed by atoms with Crippen LogP contribution in [0, 0.1) is 17.8 Å². The Morgan fingerprint density at radius 1 is 1.06 bits per heavy atom. The summed E-state index contributed by atoms with van der Waals surface area (Å²) in [4.78, 5) is 42.0. The van der Waals surface area contributed by atoms with Crippen molar-refractivity contribution in [3.63, 3.8) is 0 Å². The van der Waals surface area contributed by atoms with Gasteiger partial charge in [-0.2, -0.15) is 0 Å². The van der Waals surface area contributed by atoms with E-state index in [1.54, 1.807) is 39.2 Å². The lowest BCUT2D eigenvalue weighted by Gasteiger charge is -2.49. The number of anilines is 1. The number of fused-ring (bicyclic) bond motifs is 3. The number of phenols is 1. The van der Waals surface area contributed by atoms with Crippen molar-refractivity contribution < 1.29 is 34.8 Å². The summed E-state index contributed by atoms with van der Waals surface area (Å²) < 4.78 is 0. The van der Waals surface area contributed by atoms with Gasteiger partial charge < -0.3 is 31.1 Å². The molecule has 0 bridgehead atoms. The fourth-order valence-corrected chi connectivity index (χ4v) is 5.66. The molecule has 0 spiro atoms. The SMILES string of the molecule is CN(C)c1ccc(O)c2c1CC1C(=C2O)C(=O)C2C(=O)C(C(N)=O)=C(O)[C@@H](N(C)C)C2[C@H]1O.